The Labute approximate surface area is 161 Å². The van der Waals surface area contributed by atoms with Crippen LogP contribution in [0.3, 0.4) is 0 Å². The maximum atomic E-state index is 12.0. The van der Waals surface area contributed by atoms with Gasteiger partial charge in [0.1, 0.15) is 11.4 Å². The summed E-state index contributed by atoms with van der Waals surface area (Å²) in [6, 6.07) is 12.9. The third-order valence-electron chi connectivity index (χ3n) is 3.98. The summed E-state index contributed by atoms with van der Waals surface area (Å²) in [5.74, 6) is 0.453. The molecule has 0 aliphatic carbocycles. The number of hydrogen-bond acceptors (Lipinski definition) is 5. The number of thiophene rings is 1. The zero-order valence-corrected chi connectivity index (χ0v) is 16.1. The minimum absolute atomic E-state index is 0.0680. The number of ether oxygens (including phenoxy) is 1. The first-order valence-corrected chi connectivity index (χ1v) is 9.50. The number of nitrogens with one attached hydrogen (secondary N) is 1. The standard InChI is InChI=1S/C20H21N3O3S/c1-14-5-7-17(15(2)12-14)26-13-19(24)21-9-10-23-20(25)8-6-16(22-23)18-4-3-11-27-18/h3-8,11-12H,9-10,13H2,1-2H3,(H,21,24). The van der Waals surface area contributed by atoms with Gasteiger partial charge in [0, 0.05) is 12.6 Å². The molecule has 0 bridgehead atoms. The van der Waals surface area contributed by atoms with Crippen molar-refractivity contribution in [1.82, 2.24) is 15.1 Å². The Kier molecular flexibility index (Phi) is 6.03. The van der Waals surface area contributed by atoms with E-state index in [2.05, 4.69) is 10.4 Å². The van der Waals surface area contributed by atoms with Crippen LogP contribution in [0.2, 0.25) is 0 Å². The molecule has 1 aromatic carbocycles. The lowest BCUT2D eigenvalue weighted by molar-refractivity contribution is -0.123. The topological polar surface area (TPSA) is 73.2 Å². The van der Waals surface area contributed by atoms with Gasteiger partial charge >= 0.3 is 0 Å². The van der Waals surface area contributed by atoms with E-state index in [1.807, 2.05) is 49.6 Å². The molecule has 0 unspecified atom stereocenters. The predicted octanol–water partition coefficient (Wildman–Crippen LogP) is 2.78. The SMILES string of the molecule is Cc1ccc(OCC(=O)NCCn2nc(-c3cccs3)ccc2=O)c(C)c1. The van der Waals surface area contributed by atoms with E-state index in [-0.39, 0.29) is 18.1 Å². The smallest absolute Gasteiger partial charge is 0.266 e. The van der Waals surface area contributed by atoms with E-state index >= 15 is 0 Å². The summed E-state index contributed by atoms with van der Waals surface area (Å²) in [5, 5.41) is 9.07. The van der Waals surface area contributed by atoms with Crippen LogP contribution >= 0.6 is 11.3 Å². The zero-order valence-electron chi connectivity index (χ0n) is 15.3. The Hall–Kier alpha value is -2.93. The van der Waals surface area contributed by atoms with Gasteiger partial charge in [-0.05, 0) is 43.0 Å². The average molecular weight is 383 g/mol. The Morgan fingerprint density at radius 3 is 2.81 bits per heavy atom. The fourth-order valence-electron chi connectivity index (χ4n) is 2.62. The molecule has 0 radical (unpaired) electrons. The van der Waals surface area contributed by atoms with Crippen molar-refractivity contribution in [3.05, 3.63) is 69.3 Å². The van der Waals surface area contributed by atoms with Crippen LogP contribution in [-0.4, -0.2) is 28.8 Å². The van der Waals surface area contributed by atoms with Crippen LogP contribution in [0.5, 0.6) is 5.75 Å². The fourth-order valence-corrected chi connectivity index (χ4v) is 3.31. The molecule has 7 heteroatoms. The van der Waals surface area contributed by atoms with Gasteiger partial charge in [-0.3, -0.25) is 9.59 Å². The van der Waals surface area contributed by atoms with Crippen molar-refractivity contribution >= 4 is 17.2 Å². The third-order valence-corrected chi connectivity index (χ3v) is 4.87. The number of nitrogens with zero attached hydrogens (tertiary/aromatic N) is 2. The summed E-state index contributed by atoms with van der Waals surface area (Å²) in [7, 11) is 0. The molecule has 1 N–H and O–H groups in total. The second-order valence-electron chi connectivity index (χ2n) is 6.16. The molecule has 0 spiro atoms. The number of aryl methyl sites for hydroxylation is 2. The molecule has 6 nitrogen and oxygen atoms in total. The molecule has 0 fully saturated rings. The van der Waals surface area contributed by atoms with Gasteiger partial charge in [0.25, 0.3) is 11.5 Å². The van der Waals surface area contributed by atoms with Crippen molar-refractivity contribution in [3.63, 3.8) is 0 Å². The minimum Gasteiger partial charge on any atom is -0.484 e. The molecule has 0 saturated heterocycles. The average Bonchev–Trinajstić information content (AvgIpc) is 3.17. The number of benzene rings is 1. The monoisotopic (exact) mass is 383 g/mol. The number of rotatable bonds is 7. The molecule has 0 atom stereocenters. The van der Waals surface area contributed by atoms with E-state index in [0.717, 1.165) is 21.7 Å². The number of amides is 1. The highest BCUT2D eigenvalue weighted by Crippen LogP contribution is 2.21. The van der Waals surface area contributed by atoms with Gasteiger partial charge in [-0.1, -0.05) is 23.8 Å². The molecular formula is C20H21N3O3S. The first-order chi connectivity index (χ1) is 13.0. The van der Waals surface area contributed by atoms with E-state index in [9.17, 15) is 9.59 Å². The highest BCUT2D eigenvalue weighted by atomic mass is 32.1. The van der Waals surface area contributed by atoms with E-state index in [1.165, 1.54) is 10.7 Å². The Bertz CT molecular complexity index is 980. The van der Waals surface area contributed by atoms with Crippen LogP contribution in [-0.2, 0) is 11.3 Å². The van der Waals surface area contributed by atoms with E-state index in [1.54, 1.807) is 17.4 Å². The molecule has 3 rings (SSSR count). The van der Waals surface area contributed by atoms with Gasteiger partial charge in [-0.25, -0.2) is 4.68 Å². The summed E-state index contributed by atoms with van der Waals surface area (Å²) >= 11 is 1.56. The summed E-state index contributed by atoms with van der Waals surface area (Å²) < 4.78 is 6.91. The second-order valence-corrected chi connectivity index (χ2v) is 7.11. The van der Waals surface area contributed by atoms with Crippen molar-refractivity contribution < 1.29 is 9.53 Å². The molecule has 1 amide bonds. The molecule has 0 saturated carbocycles. The molecular weight excluding hydrogens is 362 g/mol. The lowest BCUT2D eigenvalue weighted by Gasteiger charge is -2.11. The molecule has 0 aliphatic heterocycles. The third kappa shape index (κ3) is 5.04. The van der Waals surface area contributed by atoms with Gasteiger partial charge in [0.2, 0.25) is 0 Å². The Morgan fingerprint density at radius 1 is 1.22 bits per heavy atom. The van der Waals surface area contributed by atoms with Crippen LogP contribution in [0, 0.1) is 13.8 Å². The van der Waals surface area contributed by atoms with Gasteiger partial charge < -0.3 is 10.1 Å². The highest BCUT2D eigenvalue weighted by Gasteiger charge is 2.07. The maximum Gasteiger partial charge on any atom is 0.266 e. The molecule has 0 aliphatic rings. The predicted molar refractivity (Wildman–Crippen MR) is 106 cm³/mol. The second kappa shape index (κ2) is 8.64. The first-order valence-electron chi connectivity index (χ1n) is 8.62. The van der Waals surface area contributed by atoms with Crippen molar-refractivity contribution in [2.75, 3.05) is 13.2 Å². The largest absolute Gasteiger partial charge is 0.484 e. The van der Waals surface area contributed by atoms with Crippen LogP contribution in [0.25, 0.3) is 10.6 Å². The van der Waals surface area contributed by atoms with Crippen molar-refractivity contribution in [2.24, 2.45) is 0 Å². The van der Waals surface area contributed by atoms with Crippen LogP contribution < -0.4 is 15.6 Å². The minimum atomic E-state index is -0.238. The quantitative estimate of drug-likeness (QED) is 0.681. The highest BCUT2D eigenvalue weighted by molar-refractivity contribution is 7.13. The number of carbonyl (C=O) groups excluding carboxylic acids is 1. The van der Waals surface area contributed by atoms with Crippen LogP contribution in [0.15, 0.2) is 52.6 Å². The summed E-state index contributed by atoms with van der Waals surface area (Å²) in [4.78, 5) is 24.9. The molecule has 3 aromatic rings. The van der Waals surface area contributed by atoms with E-state index < -0.39 is 0 Å². The van der Waals surface area contributed by atoms with Gasteiger partial charge in [-0.15, -0.1) is 11.3 Å². The summed E-state index contributed by atoms with van der Waals surface area (Å²) in [6.07, 6.45) is 0. The summed E-state index contributed by atoms with van der Waals surface area (Å²) in [5.41, 5.74) is 2.68. The zero-order chi connectivity index (χ0) is 19.2. The Balaban J connectivity index is 1.51. The number of aromatic nitrogens is 2. The van der Waals surface area contributed by atoms with Crippen molar-refractivity contribution in [3.8, 4) is 16.3 Å². The van der Waals surface area contributed by atoms with Crippen LogP contribution in [0.1, 0.15) is 11.1 Å². The van der Waals surface area contributed by atoms with Gasteiger partial charge in [0.05, 0.1) is 11.4 Å². The first kappa shape index (κ1) is 18.8. The van der Waals surface area contributed by atoms with E-state index in [4.69, 9.17) is 4.74 Å². The number of hydrogen-bond donors (Lipinski definition) is 1. The number of carbonyl (C=O) groups is 1. The lowest BCUT2D eigenvalue weighted by atomic mass is 10.1. The lowest BCUT2D eigenvalue weighted by Crippen LogP contribution is -2.34. The van der Waals surface area contributed by atoms with Crippen LogP contribution in [0.4, 0.5) is 0 Å². The molecule has 140 valence electrons. The Morgan fingerprint density at radius 2 is 2.07 bits per heavy atom. The molecule has 27 heavy (non-hydrogen) atoms. The fraction of sp³-hybridized carbons (Fsp3) is 0.250. The normalized spacial score (nSPS) is 10.6. The summed E-state index contributed by atoms with van der Waals surface area (Å²) in [6.45, 7) is 4.48. The van der Waals surface area contributed by atoms with E-state index in [0.29, 0.717) is 18.8 Å². The van der Waals surface area contributed by atoms with Crippen molar-refractivity contribution in [2.45, 2.75) is 20.4 Å². The molecule has 2 heterocycles. The van der Waals surface area contributed by atoms with Gasteiger partial charge in [0.15, 0.2) is 6.61 Å². The molecule has 2 aromatic heterocycles. The maximum absolute atomic E-state index is 12.0. The van der Waals surface area contributed by atoms with Gasteiger partial charge in [-0.2, -0.15) is 5.10 Å². The van der Waals surface area contributed by atoms with Crippen molar-refractivity contribution in [1.29, 1.82) is 0 Å².